The van der Waals surface area contributed by atoms with Gasteiger partial charge in [-0.1, -0.05) is 44.2 Å². The van der Waals surface area contributed by atoms with Gasteiger partial charge in [-0.05, 0) is 90.1 Å². The third-order valence-corrected chi connectivity index (χ3v) is 9.28. The van der Waals surface area contributed by atoms with Gasteiger partial charge in [0.05, 0.1) is 19.6 Å². The third-order valence-electron chi connectivity index (χ3n) is 9.28. The van der Waals surface area contributed by atoms with Crippen molar-refractivity contribution in [2.24, 2.45) is 11.3 Å². The molecule has 1 unspecified atom stereocenters. The van der Waals surface area contributed by atoms with Crippen LogP contribution in [0.3, 0.4) is 0 Å². The van der Waals surface area contributed by atoms with Crippen LogP contribution in [-0.2, 0) is 28.0 Å². The first kappa shape index (κ1) is 26.6. The van der Waals surface area contributed by atoms with Crippen LogP contribution < -0.4 is 9.47 Å². The van der Waals surface area contributed by atoms with E-state index in [1.54, 1.807) is 13.2 Å². The molecule has 0 aliphatic heterocycles. The highest BCUT2D eigenvalue weighted by Gasteiger charge is 2.62. The van der Waals surface area contributed by atoms with E-state index >= 15 is 4.39 Å². The van der Waals surface area contributed by atoms with Gasteiger partial charge in [-0.2, -0.15) is 0 Å². The summed E-state index contributed by atoms with van der Waals surface area (Å²) in [6.45, 7) is 11.0. The van der Waals surface area contributed by atoms with Gasteiger partial charge in [0.1, 0.15) is 23.9 Å². The molecule has 0 saturated heterocycles. The van der Waals surface area contributed by atoms with Crippen molar-refractivity contribution in [3.05, 3.63) is 94.8 Å². The lowest BCUT2D eigenvalue weighted by Gasteiger charge is -2.26. The van der Waals surface area contributed by atoms with Crippen molar-refractivity contribution < 1.29 is 23.4 Å². The first-order valence-electron chi connectivity index (χ1n) is 14.3. The molecule has 0 bridgehead atoms. The molecule has 3 aromatic carbocycles. The maximum atomic E-state index is 15.2. The minimum atomic E-state index is -0.228. The molecular formula is C35H37FO4. The summed E-state index contributed by atoms with van der Waals surface area (Å²) in [6, 6.07) is 15.7. The Morgan fingerprint density at radius 1 is 1.18 bits per heavy atom. The maximum Gasteiger partial charge on any atom is 0.309 e. The second-order valence-electron chi connectivity index (χ2n) is 12.2. The molecule has 6 rings (SSSR count). The lowest BCUT2D eigenvalue weighted by molar-refractivity contribution is -0.145. The fourth-order valence-corrected chi connectivity index (χ4v) is 6.98. The highest BCUT2D eigenvalue weighted by Crippen LogP contribution is 2.62. The second kappa shape index (κ2) is 9.79. The largest absolute Gasteiger partial charge is 0.496 e. The van der Waals surface area contributed by atoms with Crippen LogP contribution in [0.15, 0.2) is 61.2 Å². The highest BCUT2D eigenvalue weighted by atomic mass is 19.1. The van der Waals surface area contributed by atoms with E-state index < -0.39 is 0 Å². The topological polar surface area (TPSA) is 44.8 Å². The predicted octanol–water partition coefficient (Wildman–Crippen LogP) is 7.89. The zero-order valence-corrected chi connectivity index (χ0v) is 23.8. The van der Waals surface area contributed by atoms with E-state index in [1.807, 2.05) is 31.2 Å². The Kier molecular flexibility index (Phi) is 6.52. The number of rotatable bonds is 9. The molecule has 0 aromatic heterocycles. The van der Waals surface area contributed by atoms with Crippen LogP contribution in [0.25, 0.3) is 11.1 Å². The van der Waals surface area contributed by atoms with Crippen LogP contribution in [0.5, 0.6) is 11.5 Å². The number of ether oxygens (including phenoxy) is 3. The van der Waals surface area contributed by atoms with Gasteiger partial charge < -0.3 is 14.2 Å². The van der Waals surface area contributed by atoms with Crippen molar-refractivity contribution in [2.75, 3.05) is 13.7 Å². The summed E-state index contributed by atoms with van der Waals surface area (Å²) >= 11 is 0. The molecule has 1 saturated carbocycles. The standard InChI is InChI=1S/C35H37FO4/c1-6-34(3,4)18-26-25-16-21(8-11-24(25)31-29(36)12-13-30(38-5)32(26)31)20-40-23-10-9-22-14-15-35(27(22)17-23)19-28(35)33(37)39-7-2/h6,8-13,16-17,26,28H,1,7,14-15,18-20H2,2-5H3/t26?,28-,35-/m0/s1. The number of carbonyl (C=O) groups excluding carboxylic acids is 1. The molecular weight excluding hydrogens is 503 g/mol. The van der Waals surface area contributed by atoms with E-state index in [2.05, 4.69) is 38.6 Å². The molecule has 3 aromatic rings. The van der Waals surface area contributed by atoms with Gasteiger partial charge in [-0.15, -0.1) is 6.58 Å². The molecule has 5 heteroatoms. The van der Waals surface area contributed by atoms with E-state index in [1.165, 1.54) is 17.2 Å². The maximum absolute atomic E-state index is 15.2. The monoisotopic (exact) mass is 540 g/mol. The summed E-state index contributed by atoms with van der Waals surface area (Å²) < 4.78 is 32.6. The van der Waals surface area contributed by atoms with Gasteiger partial charge in [0.25, 0.3) is 0 Å². The minimum absolute atomic E-state index is 0.0156. The lowest BCUT2D eigenvalue weighted by Crippen LogP contribution is -2.15. The molecule has 0 radical (unpaired) electrons. The smallest absolute Gasteiger partial charge is 0.309 e. The summed E-state index contributed by atoms with van der Waals surface area (Å²) in [6.07, 6.45) is 5.59. The second-order valence-corrected chi connectivity index (χ2v) is 12.2. The van der Waals surface area contributed by atoms with Crippen LogP contribution >= 0.6 is 0 Å². The van der Waals surface area contributed by atoms with Gasteiger partial charge in [0.2, 0.25) is 0 Å². The van der Waals surface area contributed by atoms with Crippen molar-refractivity contribution in [1.82, 2.24) is 0 Å². The Balaban J connectivity index is 1.27. The molecule has 0 amide bonds. The van der Waals surface area contributed by atoms with Gasteiger partial charge in [-0.3, -0.25) is 4.79 Å². The van der Waals surface area contributed by atoms with E-state index in [0.29, 0.717) is 24.5 Å². The molecule has 1 fully saturated rings. The minimum Gasteiger partial charge on any atom is -0.496 e. The van der Waals surface area contributed by atoms with E-state index in [9.17, 15) is 4.79 Å². The zero-order chi connectivity index (χ0) is 28.2. The Morgan fingerprint density at radius 2 is 2.00 bits per heavy atom. The number of carbonyl (C=O) groups is 1. The molecule has 3 aliphatic carbocycles. The fourth-order valence-electron chi connectivity index (χ4n) is 6.98. The number of esters is 1. The predicted molar refractivity (Wildman–Crippen MR) is 154 cm³/mol. The SMILES string of the molecule is C=CC(C)(C)CC1c2cc(COc3ccc4c(c3)[C@]3(CC4)C[C@H]3C(=O)OCC)ccc2-c2c(F)ccc(OC)c21. The Bertz CT molecular complexity index is 1510. The Morgan fingerprint density at radius 3 is 2.75 bits per heavy atom. The first-order valence-corrected chi connectivity index (χ1v) is 14.3. The van der Waals surface area contributed by atoms with Gasteiger partial charge in [0.15, 0.2) is 0 Å². The number of benzene rings is 3. The van der Waals surface area contributed by atoms with Crippen LogP contribution in [0.1, 0.15) is 73.8 Å². The van der Waals surface area contributed by atoms with E-state index in [-0.39, 0.29) is 34.5 Å². The molecule has 1 spiro atoms. The van der Waals surface area contributed by atoms with E-state index in [4.69, 9.17) is 14.2 Å². The molecule has 0 heterocycles. The Labute approximate surface area is 236 Å². The number of hydrogen-bond donors (Lipinski definition) is 0. The van der Waals surface area contributed by atoms with Crippen LogP contribution in [-0.4, -0.2) is 19.7 Å². The summed E-state index contributed by atoms with van der Waals surface area (Å²) in [5, 5.41) is 0. The Hall–Kier alpha value is -3.60. The molecule has 3 aliphatic rings. The summed E-state index contributed by atoms with van der Waals surface area (Å²) in [5.41, 5.74) is 6.90. The number of halogens is 1. The van der Waals surface area contributed by atoms with Crippen molar-refractivity contribution in [1.29, 1.82) is 0 Å². The van der Waals surface area contributed by atoms with E-state index in [0.717, 1.165) is 53.7 Å². The number of methoxy groups -OCH3 is 1. The molecule has 40 heavy (non-hydrogen) atoms. The normalized spacial score (nSPS) is 21.9. The van der Waals surface area contributed by atoms with Gasteiger partial charge in [0, 0.05) is 22.5 Å². The van der Waals surface area contributed by atoms with Gasteiger partial charge in [-0.25, -0.2) is 4.39 Å². The van der Waals surface area contributed by atoms with Crippen molar-refractivity contribution in [2.45, 2.75) is 64.4 Å². The van der Waals surface area contributed by atoms with Crippen molar-refractivity contribution >= 4 is 5.97 Å². The summed E-state index contributed by atoms with van der Waals surface area (Å²) in [7, 11) is 1.64. The first-order chi connectivity index (χ1) is 19.2. The average Bonchev–Trinajstić information content (AvgIpc) is 3.47. The molecule has 3 atom stereocenters. The number of fused-ring (bicyclic) bond motifs is 5. The lowest BCUT2D eigenvalue weighted by atomic mass is 9.78. The molecule has 4 nitrogen and oxygen atoms in total. The molecule has 208 valence electrons. The van der Waals surface area contributed by atoms with Gasteiger partial charge >= 0.3 is 5.97 Å². The summed E-state index contributed by atoms with van der Waals surface area (Å²) in [5.74, 6) is 1.14. The number of allylic oxidation sites excluding steroid dienone is 1. The van der Waals surface area contributed by atoms with Crippen molar-refractivity contribution in [3.63, 3.8) is 0 Å². The quantitative estimate of drug-likeness (QED) is 0.204. The zero-order valence-electron chi connectivity index (χ0n) is 23.8. The van der Waals surface area contributed by atoms with Crippen LogP contribution in [0.2, 0.25) is 0 Å². The van der Waals surface area contributed by atoms with Crippen molar-refractivity contribution in [3.8, 4) is 22.6 Å². The van der Waals surface area contributed by atoms with Crippen LogP contribution in [0, 0.1) is 17.2 Å². The van der Waals surface area contributed by atoms with Crippen LogP contribution in [0.4, 0.5) is 4.39 Å². The number of aryl methyl sites for hydroxylation is 1. The summed E-state index contributed by atoms with van der Waals surface area (Å²) in [4.78, 5) is 12.5. The fraction of sp³-hybridized carbons (Fsp3) is 0.400. The average molecular weight is 541 g/mol. The highest BCUT2D eigenvalue weighted by molar-refractivity contribution is 5.82. The number of hydrogen-bond acceptors (Lipinski definition) is 4. The third kappa shape index (κ3) is 4.31. The molecule has 0 N–H and O–H groups in total.